The van der Waals surface area contributed by atoms with Gasteiger partial charge in [-0.25, -0.2) is 4.79 Å². The van der Waals surface area contributed by atoms with Crippen molar-refractivity contribution in [3.63, 3.8) is 0 Å². The Hall–Kier alpha value is -2.96. The van der Waals surface area contributed by atoms with Gasteiger partial charge in [0.05, 0.1) is 11.2 Å². The third-order valence-electron chi connectivity index (χ3n) is 3.85. The molecule has 0 radical (unpaired) electrons. The molecule has 0 bridgehead atoms. The summed E-state index contributed by atoms with van der Waals surface area (Å²) in [7, 11) is 0. The zero-order valence-corrected chi connectivity index (χ0v) is 12.4. The molecule has 2 amide bonds. The van der Waals surface area contributed by atoms with Crippen LogP contribution in [-0.4, -0.2) is 32.7 Å². The summed E-state index contributed by atoms with van der Waals surface area (Å²) in [5.74, 6) is -1.67. The molecule has 1 fully saturated rings. The lowest BCUT2D eigenvalue weighted by Gasteiger charge is -2.21. The molecule has 7 heteroatoms. The molecular formula is C16H15N3O4. The van der Waals surface area contributed by atoms with Crippen molar-refractivity contribution >= 4 is 34.8 Å². The van der Waals surface area contributed by atoms with Crippen LogP contribution in [0.1, 0.15) is 30.1 Å². The summed E-state index contributed by atoms with van der Waals surface area (Å²) in [6, 6.07) is 4.87. The van der Waals surface area contributed by atoms with Gasteiger partial charge < -0.3 is 5.11 Å². The van der Waals surface area contributed by atoms with Crippen LogP contribution in [0.2, 0.25) is 0 Å². The minimum Gasteiger partial charge on any atom is -0.478 e. The quantitative estimate of drug-likeness (QED) is 0.659. The minimum absolute atomic E-state index is 0.273. The number of carbonyl (C=O) groups is 3. The van der Waals surface area contributed by atoms with Crippen LogP contribution in [-0.2, 0) is 14.4 Å². The lowest BCUT2D eigenvalue weighted by molar-refractivity contribution is -0.136. The number of nitrogens with zero attached hydrogens (tertiary/aromatic N) is 2. The zero-order chi connectivity index (χ0) is 16.6. The second-order valence-corrected chi connectivity index (χ2v) is 5.41. The van der Waals surface area contributed by atoms with Crippen molar-refractivity contribution in [3.05, 3.63) is 35.5 Å². The largest absolute Gasteiger partial charge is 0.478 e. The number of nitrogens with one attached hydrogen (secondary N) is 1. The maximum atomic E-state index is 12.1. The average molecular weight is 313 g/mol. The molecule has 1 aliphatic rings. The van der Waals surface area contributed by atoms with Crippen LogP contribution in [0.25, 0.3) is 17.0 Å². The third-order valence-corrected chi connectivity index (χ3v) is 3.85. The number of aromatic nitrogens is 2. The number of benzene rings is 1. The van der Waals surface area contributed by atoms with Crippen molar-refractivity contribution in [2.75, 3.05) is 0 Å². The van der Waals surface area contributed by atoms with Gasteiger partial charge in [0.15, 0.2) is 0 Å². The Morgan fingerprint density at radius 3 is 2.91 bits per heavy atom. The number of aliphatic carboxylic acids is 1. The van der Waals surface area contributed by atoms with Gasteiger partial charge in [-0.05, 0) is 31.1 Å². The lowest BCUT2D eigenvalue weighted by Crippen LogP contribution is -2.42. The van der Waals surface area contributed by atoms with Crippen LogP contribution in [0.3, 0.4) is 0 Å². The smallest absolute Gasteiger partial charge is 0.328 e. The van der Waals surface area contributed by atoms with Crippen molar-refractivity contribution in [2.24, 2.45) is 0 Å². The predicted molar refractivity (Wildman–Crippen MR) is 82.6 cm³/mol. The molecule has 0 saturated carbocycles. The SMILES string of the molecule is Cc1nn(C2CCC(=O)NC2=O)c2cccc(C=CC(=O)O)c12. The molecule has 1 unspecified atom stereocenters. The van der Waals surface area contributed by atoms with Gasteiger partial charge in [0.1, 0.15) is 6.04 Å². The molecule has 23 heavy (non-hydrogen) atoms. The van der Waals surface area contributed by atoms with Crippen LogP contribution in [0.5, 0.6) is 0 Å². The van der Waals surface area contributed by atoms with Crippen LogP contribution < -0.4 is 5.32 Å². The van der Waals surface area contributed by atoms with Crippen molar-refractivity contribution in [2.45, 2.75) is 25.8 Å². The molecule has 1 aliphatic heterocycles. The third kappa shape index (κ3) is 2.73. The molecular weight excluding hydrogens is 298 g/mol. The van der Waals surface area contributed by atoms with Crippen LogP contribution in [0, 0.1) is 6.92 Å². The van der Waals surface area contributed by atoms with Gasteiger partial charge in [-0.2, -0.15) is 5.10 Å². The van der Waals surface area contributed by atoms with Crippen molar-refractivity contribution < 1.29 is 19.5 Å². The van der Waals surface area contributed by atoms with E-state index in [1.54, 1.807) is 16.8 Å². The van der Waals surface area contributed by atoms with E-state index in [0.29, 0.717) is 12.1 Å². The summed E-state index contributed by atoms with van der Waals surface area (Å²) in [5.41, 5.74) is 2.17. The maximum absolute atomic E-state index is 12.1. The molecule has 3 rings (SSSR count). The number of rotatable bonds is 3. The first-order valence-electron chi connectivity index (χ1n) is 7.20. The van der Waals surface area contributed by atoms with Crippen LogP contribution in [0.4, 0.5) is 0 Å². The summed E-state index contributed by atoms with van der Waals surface area (Å²) in [5, 5.41) is 16.4. The first kappa shape index (κ1) is 15.0. The Balaban J connectivity index is 2.10. The first-order valence-corrected chi connectivity index (χ1v) is 7.20. The maximum Gasteiger partial charge on any atom is 0.328 e. The Morgan fingerprint density at radius 2 is 2.22 bits per heavy atom. The fourth-order valence-electron chi connectivity index (χ4n) is 2.86. The highest BCUT2D eigenvalue weighted by atomic mass is 16.4. The number of carboxylic acid groups (broad SMARTS) is 1. The highest BCUT2D eigenvalue weighted by molar-refractivity contribution is 6.01. The van der Waals surface area contributed by atoms with E-state index in [4.69, 9.17) is 5.11 Å². The number of hydrogen-bond acceptors (Lipinski definition) is 4. The fraction of sp³-hybridized carbons (Fsp3) is 0.250. The second-order valence-electron chi connectivity index (χ2n) is 5.41. The Morgan fingerprint density at radius 1 is 1.43 bits per heavy atom. The van der Waals surface area contributed by atoms with E-state index in [9.17, 15) is 14.4 Å². The fourth-order valence-corrected chi connectivity index (χ4v) is 2.86. The Labute approximate surface area is 131 Å². The summed E-state index contributed by atoms with van der Waals surface area (Å²) in [6.45, 7) is 1.81. The molecule has 0 spiro atoms. The van der Waals surface area contributed by atoms with E-state index in [1.165, 1.54) is 6.08 Å². The average Bonchev–Trinajstić information content (AvgIpc) is 2.83. The van der Waals surface area contributed by atoms with Gasteiger partial charge in [0.25, 0.3) is 5.91 Å². The topological polar surface area (TPSA) is 101 Å². The van der Waals surface area contributed by atoms with Crippen molar-refractivity contribution in [3.8, 4) is 0 Å². The van der Waals surface area contributed by atoms with Gasteiger partial charge in [-0.1, -0.05) is 12.1 Å². The van der Waals surface area contributed by atoms with Gasteiger partial charge in [-0.3, -0.25) is 19.6 Å². The minimum atomic E-state index is -1.03. The van der Waals surface area contributed by atoms with E-state index in [-0.39, 0.29) is 18.2 Å². The summed E-state index contributed by atoms with van der Waals surface area (Å²) in [6.07, 6.45) is 3.25. The molecule has 1 atom stereocenters. The van der Waals surface area contributed by atoms with Gasteiger partial charge in [0, 0.05) is 17.9 Å². The zero-order valence-electron chi connectivity index (χ0n) is 12.4. The van der Waals surface area contributed by atoms with Crippen molar-refractivity contribution in [1.82, 2.24) is 15.1 Å². The lowest BCUT2D eigenvalue weighted by atomic mass is 10.0. The standard InChI is InChI=1S/C16H15N3O4/c1-9-15-10(5-8-14(21)22)3-2-4-11(15)19(18-9)12-6-7-13(20)17-16(12)23/h2-5,8,12H,6-7H2,1H3,(H,21,22)(H,17,20,23). The summed E-state index contributed by atoms with van der Waals surface area (Å²) in [4.78, 5) is 34.1. The van der Waals surface area contributed by atoms with E-state index in [1.807, 2.05) is 13.0 Å². The molecule has 1 aromatic heterocycles. The van der Waals surface area contributed by atoms with Crippen LogP contribution >= 0.6 is 0 Å². The molecule has 1 aromatic carbocycles. The molecule has 118 valence electrons. The summed E-state index contributed by atoms with van der Waals surface area (Å²) < 4.78 is 1.62. The second kappa shape index (κ2) is 5.68. The number of aryl methyl sites for hydroxylation is 1. The number of piperidine rings is 1. The first-order chi connectivity index (χ1) is 11.0. The number of carbonyl (C=O) groups excluding carboxylic acids is 2. The molecule has 0 aliphatic carbocycles. The van der Waals surface area contributed by atoms with Gasteiger partial charge in [0.2, 0.25) is 5.91 Å². The normalized spacial score (nSPS) is 18.6. The Kier molecular flexibility index (Phi) is 3.69. The highest BCUT2D eigenvalue weighted by Gasteiger charge is 2.30. The van der Waals surface area contributed by atoms with Gasteiger partial charge in [-0.15, -0.1) is 0 Å². The van der Waals surface area contributed by atoms with E-state index in [2.05, 4.69) is 10.4 Å². The van der Waals surface area contributed by atoms with Crippen molar-refractivity contribution in [1.29, 1.82) is 0 Å². The van der Waals surface area contributed by atoms with Crippen LogP contribution in [0.15, 0.2) is 24.3 Å². The van der Waals surface area contributed by atoms with E-state index >= 15 is 0 Å². The number of imide groups is 1. The number of amides is 2. The number of carboxylic acids is 1. The highest BCUT2D eigenvalue weighted by Crippen LogP contribution is 2.28. The predicted octanol–water partition coefficient (Wildman–Crippen LogP) is 1.42. The van der Waals surface area contributed by atoms with Gasteiger partial charge >= 0.3 is 5.97 Å². The van der Waals surface area contributed by atoms with E-state index < -0.39 is 12.0 Å². The molecule has 1 saturated heterocycles. The Bertz CT molecular complexity index is 850. The van der Waals surface area contributed by atoms with E-state index in [0.717, 1.165) is 22.5 Å². The molecule has 2 N–H and O–H groups in total. The number of fused-ring (bicyclic) bond motifs is 1. The summed E-state index contributed by atoms with van der Waals surface area (Å²) >= 11 is 0. The monoisotopic (exact) mass is 313 g/mol. The molecule has 2 aromatic rings. The molecule has 7 nitrogen and oxygen atoms in total. The molecule has 2 heterocycles. The number of hydrogen-bond donors (Lipinski definition) is 2.